The standard InChI is InChI=1S/C16H17NO5/c1-2-4-14-13(7-8-21-14)16(20)17-11-5-3-6-12(9-11)22-10-15(18)19/h3,5-9H,2,4,10H2,1H3,(H,17,20)(H,18,19). The van der Waals surface area contributed by atoms with Gasteiger partial charge in [-0.1, -0.05) is 13.0 Å². The summed E-state index contributed by atoms with van der Waals surface area (Å²) in [6.07, 6.45) is 3.07. The molecule has 0 aliphatic carbocycles. The first kappa shape index (κ1) is 15.6. The van der Waals surface area contributed by atoms with Crippen LogP contribution in [0, 0.1) is 0 Å². The third-order valence-corrected chi connectivity index (χ3v) is 2.92. The minimum atomic E-state index is -1.06. The number of benzene rings is 1. The van der Waals surface area contributed by atoms with Crippen LogP contribution in [0.15, 0.2) is 41.0 Å². The number of carboxylic acid groups (broad SMARTS) is 1. The average Bonchev–Trinajstić information content (AvgIpc) is 2.94. The fourth-order valence-corrected chi connectivity index (χ4v) is 1.97. The van der Waals surface area contributed by atoms with Crippen LogP contribution in [0.25, 0.3) is 0 Å². The Morgan fingerprint density at radius 1 is 1.32 bits per heavy atom. The Bertz CT molecular complexity index is 662. The molecule has 0 bridgehead atoms. The van der Waals surface area contributed by atoms with Gasteiger partial charge < -0.3 is 19.6 Å². The first-order valence-corrected chi connectivity index (χ1v) is 6.92. The van der Waals surface area contributed by atoms with Crippen molar-refractivity contribution in [1.29, 1.82) is 0 Å². The molecule has 1 heterocycles. The first-order chi connectivity index (χ1) is 10.6. The summed E-state index contributed by atoms with van der Waals surface area (Å²) in [5, 5.41) is 11.3. The van der Waals surface area contributed by atoms with Crippen LogP contribution in [0.4, 0.5) is 5.69 Å². The summed E-state index contributed by atoms with van der Waals surface area (Å²) in [5.41, 5.74) is 1.02. The highest BCUT2D eigenvalue weighted by Gasteiger charge is 2.14. The van der Waals surface area contributed by atoms with Crippen LogP contribution in [0.5, 0.6) is 5.75 Å². The van der Waals surface area contributed by atoms with E-state index in [2.05, 4.69) is 5.32 Å². The number of anilines is 1. The molecule has 0 atom stereocenters. The molecule has 0 unspecified atom stereocenters. The number of aliphatic carboxylic acids is 1. The Morgan fingerprint density at radius 3 is 2.86 bits per heavy atom. The number of aryl methyl sites for hydroxylation is 1. The predicted molar refractivity (Wildman–Crippen MR) is 80.2 cm³/mol. The minimum Gasteiger partial charge on any atom is -0.482 e. The SMILES string of the molecule is CCCc1occc1C(=O)Nc1cccc(OCC(=O)O)c1. The molecule has 2 rings (SSSR count). The van der Waals surface area contributed by atoms with E-state index in [9.17, 15) is 9.59 Å². The third-order valence-electron chi connectivity index (χ3n) is 2.92. The van der Waals surface area contributed by atoms with Gasteiger partial charge in [-0.2, -0.15) is 0 Å². The number of rotatable bonds is 7. The number of carbonyl (C=O) groups excluding carboxylic acids is 1. The Kier molecular flexibility index (Phi) is 5.19. The van der Waals surface area contributed by atoms with Crippen molar-refractivity contribution in [2.45, 2.75) is 19.8 Å². The molecule has 6 heteroatoms. The monoisotopic (exact) mass is 303 g/mol. The van der Waals surface area contributed by atoms with E-state index in [0.29, 0.717) is 29.2 Å². The van der Waals surface area contributed by atoms with Crippen molar-refractivity contribution >= 4 is 17.6 Å². The number of ether oxygens (including phenoxy) is 1. The van der Waals surface area contributed by atoms with Gasteiger partial charge in [-0.25, -0.2) is 4.79 Å². The molecule has 0 radical (unpaired) electrons. The number of hydrogen-bond donors (Lipinski definition) is 2. The van der Waals surface area contributed by atoms with Crippen LogP contribution in [0.1, 0.15) is 29.5 Å². The summed E-state index contributed by atoms with van der Waals surface area (Å²) < 4.78 is 10.4. The lowest BCUT2D eigenvalue weighted by molar-refractivity contribution is -0.139. The first-order valence-electron chi connectivity index (χ1n) is 6.92. The molecular weight excluding hydrogens is 286 g/mol. The van der Waals surface area contributed by atoms with Crippen LogP contribution < -0.4 is 10.1 Å². The molecule has 0 spiro atoms. The number of hydrogen-bond acceptors (Lipinski definition) is 4. The van der Waals surface area contributed by atoms with Crippen molar-refractivity contribution < 1.29 is 23.8 Å². The number of carbonyl (C=O) groups is 2. The maximum Gasteiger partial charge on any atom is 0.341 e. The Labute approximate surface area is 127 Å². The largest absolute Gasteiger partial charge is 0.482 e. The Hall–Kier alpha value is -2.76. The second-order valence-corrected chi connectivity index (χ2v) is 4.67. The van der Waals surface area contributed by atoms with Crippen LogP contribution in [0.2, 0.25) is 0 Å². The van der Waals surface area contributed by atoms with Crippen LogP contribution in [0.3, 0.4) is 0 Å². The molecular formula is C16H17NO5. The van der Waals surface area contributed by atoms with Gasteiger partial charge in [0.2, 0.25) is 0 Å². The summed E-state index contributed by atoms with van der Waals surface area (Å²) >= 11 is 0. The van der Waals surface area contributed by atoms with Gasteiger partial charge in [0.15, 0.2) is 6.61 Å². The van der Waals surface area contributed by atoms with E-state index in [1.54, 1.807) is 30.3 Å². The summed E-state index contributed by atoms with van der Waals surface area (Å²) in [7, 11) is 0. The molecule has 0 saturated heterocycles. The van der Waals surface area contributed by atoms with Gasteiger partial charge in [-0.3, -0.25) is 4.79 Å². The normalized spacial score (nSPS) is 10.2. The fraction of sp³-hybridized carbons (Fsp3) is 0.250. The molecule has 116 valence electrons. The molecule has 1 aromatic carbocycles. The molecule has 1 amide bonds. The topological polar surface area (TPSA) is 88.8 Å². The van der Waals surface area contributed by atoms with Gasteiger partial charge in [0.1, 0.15) is 11.5 Å². The third kappa shape index (κ3) is 4.12. The second-order valence-electron chi connectivity index (χ2n) is 4.67. The highest BCUT2D eigenvalue weighted by Crippen LogP contribution is 2.20. The average molecular weight is 303 g/mol. The lowest BCUT2D eigenvalue weighted by Crippen LogP contribution is -2.13. The van der Waals surface area contributed by atoms with E-state index >= 15 is 0 Å². The van der Waals surface area contributed by atoms with E-state index in [4.69, 9.17) is 14.3 Å². The van der Waals surface area contributed by atoms with Gasteiger partial charge in [0.25, 0.3) is 5.91 Å². The molecule has 2 aromatic rings. The Morgan fingerprint density at radius 2 is 2.14 bits per heavy atom. The van der Waals surface area contributed by atoms with E-state index in [-0.39, 0.29) is 5.91 Å². The number of nitrogens with one attached hydrogen (secondary N) is 1. The van der Waals surface area contributed by atoms with Crippen molar-refractivity contribution in [3.63, 3.8) is 0 Å². The van der Waals surface area contributed by atoms with Gasteiger partial charge in [-0.15, -0.1) is 0 Å². The molecule has 22 heavy (non-hydrogen) atoms. The summed E-state index contributed by atoms with van der Waals surface area (Å²) in [6, 6.07) is 8.20. The number of amides is 1. The van der Waals surface area contributed by atoms with E-state index in [0.717, 1.165) is 6.42 Å². The van der Waals surface area contributed by atoms with E-state index in [1.165, 1.54) is 6.26 Å². The number of carboxylic acids is 1. The molecule has 0 aliphatic heterocycles. The smallest absolute Gasteiger partial charge is 0.341 e. The zero-order valence-electron chi connectivity index (χ0n) is 12.2. The molecule has 0 fully saturated rings. The zero-order valence-corrected chi connectivity index (χ0v) is 12.2. The highest BCUT2D eigenvalue weighted by atomic mass is 16.5. The lowest BCUT2D eigenvalue weighted by atomic mass is 10.1. The maximum atomic E-state index is 12.2. The van der Waals surface area contributed by atoms with E-state index in [1.807, 2.05) is 6.92 Å². The Balaban J connectivity index is 2.06. The molecule has 2 N–H and O–H groups in total. The maximum absolute atomic E-state index is 12.2. The minimum absolute atomic E-state index is 0.271. The second kappa shape index (κ2) is 7.31. The zero-order chi connectivity index (χ0) is 15.9. The van der Waals surface area contributed by atoms with Crippen molar-refractivity contribution in [2.24, 2.45) is 0 Å². The molecule has 6 nitrogen and oxygen atoms in total. The van der Waals surface area contributed by atoms with Gasteiger partial charge in [0.05, 0.1) is 11.8 Å². The van der Waals surface area contributed by atoms with Crippen molar-refractivity contribution in [3.8, 4) is 5.75 Å². The fourth-order valence-electron chi connectivity index (χ4n) is 1.97. The van der Waals surface area contributed by atoms with Crippen molar-refractivity contribution in [2.75, 3.05) is 11.9 Å². The van der Waals surface area contributed by atoms with E-state index < -0.39 is 12.6 Å². The predicted octanol–water partition coefficient (Wildman–Crippen LogP) is 2.95. The summed E-state index contributed by atoms with van der Waals surface area (Å²) in [5.74, 6) is -0.302. The van der Waals surface area contributed by atoms with Gasteiger partial charge >= 0.3 is 5.97 Å². The highest BCUT2D eigenvalue weighted by molar-refractivity contribution is 6.05. The lowest BCUT2D eigenvalue weighted by Gasteiger charge is -2.08. The van der Waals surface area contributed by atoms with Crippen LogP contribution in [-0.2, 0) is 11.2 Å². The molecule has 0 saturated carbocycles. The van der Waals surface area contributed by atoms with Gasteiger partial charge in [0, 0.05) is 18.2 Å². The van der Waals surface area contributed by atoms with Crippen LogP contribution >= 0.6 is 0 Å². The number of furan rings is 1. The van der Waals surface area contributed by atoms with Crippen molar-refractivity contribution in [1.82, 2.24) is 0 Å². The van der Waals surface area contributed by atoms with Crippen LogP contribution in [-0.4, -0.2) is 23.6 Å². The van der Waals surface area contributed by atoms with Crippen molar-refractivity contribution in [3.05, 3.63) is 47.9 Å². The molecule has 0 aliphatic rings. The molecule has 1 aromatic heterocycles. The summed E-state index contributed by atoms with van der Waals surface area (Å²) in [4.78, 5) is 22.7. The quantitative estimate of drug-likeness (QED) is 0.821. The van der Waals surface area contributed by atoms with Gasteiger partial charge in [-0.05, 0) is 24.6 Å². The summed E-state index contributed by atoms with van der Waals surface area (Å²) in [6.45, 7) is 1.58.